The molecule has 27 heavy (non-hydrogen) atoms. The maximum atomic E-state index is 13.2. The van der Waals surface area contributed by atoms with Crippen molar-refractivity contribution in [1.82, 2.24) is 25.2 Å². The Hall–Kier alpha value is -3.22. The van der Waals surface area contributed by atoms with Crippen molar-refractivity contribution in [3.8, 4) is 5.82 Å². The molecule has 0 aliphatic carbocycles. The number of rotatable bonds is 6. The molecule has 2 N–H and O–H groups in total. The zero-order valence-electron chi connectivity index (χ0n) is 15.5. The number of guanidine groups is 1. The summed E-state index contributed by atoms with van der Waals surface area (Å²) in [7, 11) is 1.72. The van der Waals surface area contributed by atoms with Crippen LogP contribution in [0.5, 0.6) is 0 Å². The van der Waals surface area contributed by atoms with Gasteiger partial charge in [0.15, 0.2) is 5.96 Å². The molecule has 3 aromatic rings. The largest absolute Gasteiger partial charge is 0.356 e. The summed E-state index contributed by atoms with van der Waals surface area (Å²) in [4.78, 5) is 12.9. The summed E-state index contributed by atoms with van der Waals surface area (Å²) in [5.41, 5.74) is 2.00. The van der Waals surface area contributed by atoms with Crippen LogP contribution < -0.4 is 10.6 Å². The third-order valence-corrected chi connectivity index (χ3v) is 4.16. The summed E-state index contributed by atoms with van der Waals surface area (Å²) in [6.07, 6.45) is 6.20. The van der Waals surface area contributed by atoms with Gasteiger partial charge in [-0.2, -0.15) is 0 Å². The van der Waals surface area contributed by atoms with Gasteiger partial charge in [-0.15, -0.1) is 0 Å². The summed E-state index contributed by atoms with van der Waals surface area (Å²) >= 11 is 0. The monoisotopic (exact) mass is 366 g/mol. The van der Waals surface area contributed by atoms with Crippen LogP contribution in [0, 0.1) is 12.7 Å². The van der Waals surface area contributed by atoms with Crippen LogP contribution in [0.2, 0.25) is 0 Å². The maximum absolute atomic E-state index is 13.2. The van der Waals surface area contributed by atoms with Crippen LogP contribution in [-0.4, -0.2) is 34.1 Å². The maximum Gasteiger partial charge on any atom is 0.191 e. The molecule has 0 saturated carbocycles. The first-order valence-corrected chi connectivity index (χ1v) is 8.80. The van der Waals surface area contributed by atoms with E-state index >= 15 is 0 Å². The zero-order chi connectivity index (χ0) is 19.1. The van der Waals surface area contributed by atoms with Gasteiger partial charge in [0, 0.05) is 38.7 Å². The van der Waals surface area contributed by atoms with Gasteiger partial charge in [0.2, 0.25) is 0 Å². The fraction of sp³-hybridized carbons (Fsp3) is 0.250. The first-order valence-electron chi connectivity index (χ1n) is 8.80. The van der Waals surface area contributed by atoms with Crippen LogP contribution in [0.25, 0.3) is 5.82 Å². The standard InChI is InChI=1S/C20H23FN6/c1-15-23-10-11-27(15)19-7-6-17(13-25-19)14-26-20(22-2)24-9-8-16-4-3-5-18(21)12-16/h3-7,10-13H,8-9,14H2,1-2H3,(H2,22,24,26). The molecule has 6 nitrogen and oxygen atoms in total. The smallest absolute Gasteiger partial charge is 0.191 e. The number of nitrogens with one attached hydrogen (secondary N) is 2. The van der Waals surface area contributed by atoms with E-state index in [0.717, 1.165) is 29.2 Å². The lowest BCUT2D eigenvalue weighted by atomic mass is 10.1. The number of pyridine rings is 1. The lowest BCUT2D eigenvalue weighted by Gasteiger charge is -2.12. The molecule has 3 rings (SSSR count). The molecular formula is C20H23FN6. The van der Waals surface area contributed by atoms with Gasteiger partial charge in [-0.1, -0.05) is 18.2 Å². The Bertz CT molecular complexity index is 901. The quantitative estimate of drug-likeness (QED) is 0.520. The van der Waals surface area contributed by atoms with E-state index in [-0.39, 0.29) is 5.82 Å². The number of hydrogen-bond acceptors (Lipinski definition) is 3. The van der Waals surface area contributed by atoms with E-state index in [2.05, 4.69) is 25.6 Å². The fourth-order valence-electron chi connectivity index (χ4n) is 2.71. The third kappa shape index (κ3) is 5.13. The van der Waals surface area contributed by atoms with Crippen molar-refractivity contribution in [3.05, 3.63) is 77.8 Å². The van der Waals surface area contributed by atoms with Gasteiger partial charge < -0.3 is 10.6 Å². The summed E-state index contributed by atoms with van der Waals surface area (Å²) in [5, 5.41) is 6.49. The minimum absolute atomic E-state index is 0.211. The highest BCUT2D eigenvalue weighted by Gasteiger charge is 2.03. The fourth-order valence-corrected chi connectivity index (χ4v) is 2.71. The summed E-state index contributed by atoms with van der Waals surface area (Å²) < 4.78 is 15.1. The van der Waals surface area contributed by atoms with Gasteiger partial charge in [0.25, 0.3) is 0 Å². The van der Waals surface area contributed by atoms with E-state index in [0.29, 0.717) is 19.0 Å². The summed E-state index contributed by atoms with van der Waals surface area (Å²) in [6.45, 7) is 3.21. The molecule has 0 fully saturated rings. The van der Waals surface area contributed by atoms with E-state index < -0.39 is 0 Å². The van der Waals surface area contributed by atoms with Crippen LogP contribution in [0.4, 0.5) is 4.39 Å². The molecule has 2 heterocycles. The van der Waals surface area contributed by atoms with E-state index in [1.165, 1.54) is 6.07 Å². The molecule has 0 bridgehead atoms. The molecule has 1 aromatic carbocycles. The number of imidazole rings is 1. The molecule has 0 atom stereocenters. The Balaban J connectivity index is 1.48. The predicted octanol–water partition coefficient (Wildman–Crippen LogP) is 2.62. The highest BCUT2D eigenvalue weighted by molar-refractivity contribution is 5.79. The van der Waals surface area contributed by atoms with Gasteiger partial charge in [-0.25, -0.2) is 14.4 Å². The Morgan fingerprint density at radius 3 is 2.70 bits per heavy atom. The number of aliphatic imine (C=N–C) groups is 1. The molecule has 0 unspecified atom stereocenters. The van der Waals surface area contributed by atoms with Crippen LogP contribution in [0.3, 0.4) is 0 Å². The van der Waals surface area contributed by atoms with E-state index in [1.54, 1.807) is 25.4 Å². The molecule has 0 spiro atoms. The van der Waals surface area contributed by atoms with Crippen LogP contribution in [0.15, 0.2) is 60.0 Å². The lowest BCUT2D eigenvalue weighted by Crippen LogP contribution is -2.37. The zero-order valence-corrected chi connectivity index (χ0v) is 15.5. The molecule has 0 amide bonds. The molecule has 0 aliphatic rings. The number of halogens is 1. The highest BCUT2D eigenvalue weighted by atomic mass is 19.1. The van der Waals surface area contributed by atoms with Gasteiger partial charge in [0.05, 0.1) is 0 Å². The molecular weight excluding hydrogens is 343 g/mol. The number of aromatic nitrogens is 3. The van der Waals surface area contributed by atoms with E-state index in [4.69, 9.17) is 0 Å². The summed E-state index contributed by atoms with van der Waals surface area (Å²) in [6, 6.07) is 10.6. The van der Waals surface area contributed by atoms with Crippen molar-refractivity contribution in [2.45, 2.75) is 19.9 Å². The molecule has 0 radical (unpaired) electrons. The minimum atomic E-state index is -0.211. The Morgan fingerprint density at radius 1 is 1.15 bits per heavy atom. The van der Waals surface area contributed by atoms with Crippen molar-refractivity contribution in [3.63, 3.8) is 0 Å². The van der Waals surface area contributed by atoms with Crippen LogP contribution in [-0.2, 0) is 13.0 Å². The van der Waals surface area contributed by atoms with Crippen LogP contribution in [0.1, 0.15) is 17.0 Å². The molecule has 0 saturated heterocycles. The van der Waals surface area contributed by atoms with Gasteiger partial charge in [-0.05, 0) is 42.7 Å². The average Bonchev–Trinajstić information content (AvgIpc) is 3.11. The average molecular weight is 366 g/mol. The number of hydrogen-bond donors (Lipinski definition) is 2. The van der Waals surface area contributed by atoms with E-state index in [9.17, 15) is 4.39 Å². The third-order valence-electron chi connectivity index (χ3n) is 4.16. The normalized spacial score (nSPS) is 11.4. The molecule has 2 aromatic heterocycles. The van der Waals surface area contributed by atoms with Gasteiger partial charge >= 0.3 is 0 Å². The molecule has 140 valence electrons. The second kappa shape index (κ2) is 8.93. The number of aryl methyl sites for hydroxylation is 1. The van der Waals surface area contributed by atoms with Crippen molar-refractivity contribution in [1.29, 1.82) is 0 Å². The van der Waals surface area contributed by atoms with Crippen molar-refractivity contribution in [2.75, 3.05) is 13.6 Å². The first-order chi connectivity index (χ1) is 13.2. The number of benzene rings is 1. The Kier molecular flexibility index (Phi) is 6.14. The van der Waals surface area contributed by atoms with Crippen molar-refractivity contribution in [2.24, 2.45) is 4.99 Å². The van der Waals surface area contributed by atoms with Crippen LogP contribution >= 0.6 is 0 Å². The first kappa shape index (κ1) is 18.6. The van der Waals surface area contributed by atoms with Gasteiger partial charge in [0.1, 0.15) is 17.5 Å². The molecule has 7 heteroatoms. The van der Waals surface area contributed by atoms with Crippen molar-refractivity contribution < 1.29 is 4.39 Å². The minimum Gasteiger partial charge on any atom is -0.356 e. The Morgan fingerprint density at radius 2 is 2.04 bits per heavy atom. The molecule has 0 aliphatic heterocycles. The SMILES string of the molecule is CN=C(NCCc1cccc(F)c1)NCc1ccc(-n2ccnc2C)nc1. The van der Waals surface area contributed by atoms with E-state index in [1.807, 2.05) is 42.1 Å². The second-order valence-corrected chi connectivity index (χ2v) is 6.10. The second-order valence-electron chi connectivity index (χ2n) is 6.10. The highest BCUT2D eigenvalue weighted by Crippen LogP contribution is 2.08. The summed E-state index contributed by atoms with van der Waals surface area (Å²) in [5.74, 6) is 2.22. The number of nitrogens with zero attached hydrogens (tertiary/aromatic N) is 4. The lowest BCUT2D eigenvalue weighted by molar-refractivity contribution is 0.625. The Labute approximate surface area is 158 Å². The van der Waals surface area contributed by atoms with Gasteiger partial charge in [-0.3, -0.25) is 9.56 Å². The predicted molar refractivity (Wildman–Crippen MR) is 104 cm³/mol. The van der Waals surface area contributed by atoms with Crippen molar-refractivity contribution >= 4 is 5.96 Å². The topological polar surface area (TPSA) is 67.1 Å².